The molecule has 0 saturated heterocycles. The van der Waals surface area contributed by atoms with Crippen molar-refractivity contribution in [2.24, 2.45) is 0 Å². The normalized spacial score (nSPS) is 11.9. The molecule has 1 amide bonds. The zero-order chi connectivity index (χ0) is 17.8. The van der Waals surface area contributed by atoms with Crippen LogP contribution in [0.25, 0.3) is 10.9 Å². The molecular weight excluding hydrogens is 386 g/mol. The molecule has 2 N–H and O–H groups in total. The molecule has 0 aliphatic heterocycles. The van der Waals surface area contributed by atoms with Crippen molar-refractivity contribution >= 4 is 38.7 Å². The number of carbonyl (C=O) groups excluding carboxylic acids is 1. The number of nitrogens with one attached hydrogen (secondary N) is 1. The van der Waals surface area contributed by atoms with Gasteiger partial charge in [-0.1, -0.05) is 24.3 Å². The molecule has 0 fully saturated rings. The number of aliphatic carboxylic acids is 1. The summed E-state index contributed by atoms with van der Waals surface area (Å²) in [6.45, 7) is 0. The lowest BCUT2D eigenvalue weighted by molar-refractivity contribution is -0.139. The van der Waals surface area contributed by atoms with Gasteiger partial charge in [0.25, 0.3) is 5.91 Å². The second-order valence-electron chi connectivity index (χ2n) is 5.40. The Morgan fingerprint density at radius 3 is 2.56 bits per heavy atom. The number of hydrogen-bond acceptors (Lipinski definition) is 4. The fourth-order valence-electron chi connectivity index (χ4n) is 2.52. The van der Waals surface area contributed by atoms with Gasteiger partial charge in [-0.15, -0.1) is 0 Å². The summed E-state index contributed by atoms with van der Waals surface area (Å²) in [6, 6.07) is 11.3. The predicted molar refractivity (Wildman–Crippen MR) is 96.3 cm³/mol. The number of aromatic nitrogens is 2. The van der Waals surface area contributed by atoms with E-state index in [2.05, 4.69) is 31.2 Å². The smallest absolute Gasteiger partial charge is 0.326 e. The summed E-state index contributed by atoms with van der Waals surface area (Å²) in [4.78, 5) is 32.5. The SMILES string of the molecule is O=C(N[C@@H](Cc1cccnc1Br)C(=O)O)c1cccc2cccnc12. The molecule has 0 bridgehead atoms. The number of carboxylic acids is 1. The van der Waals surface area contributed by atoms with Crippen molar-refractivity contribution in [1.29, 1.82) is 0 Å². The predicted octanol–water partition coefficient (Wildman–Crippen LogP) is 2.82. The van der Waals surface area contributed by atoms with Crippen LogP contribution in [-0.2, 0) is 11.2 Å². The third kappa shape index (κ3) is 3.83. The Morgan fingerprint density at radius 2 is 1.80 bits per heavy atom. The minimum Gasteiger partial charge on any atom is -0.480 e. The molecule has 6 nitrogen and oxygen atoms in total. The lowest BCUT2D eigenvalue weighted by atomic mass is 10.1. The van der Waals surface area contributed by atoms with Crippen LogP contribution in [0.1, 0.15) is 15.9 Å². The second-order valence-corrected chi connectivity index (χ2v) is 6.15. The highest BCUT2D eigenvalue weighted by Gasteiger charge is 2.23. The van der Waals surface area contributed by atoms with Crippen molar-refractivity contribution in [1.82, 2.24) is 15.3 Å². The maximum absolute atomic E-state index is 12.6. The Labute approximate surface area is 152 Å². The average Bonchev–Trinajstić information content (AvgIpc) is 2.62. The summed E-state index contributed by atoms with van der Waals surface area (Å²) < 4.78 is 0.558. The van der Waals surface area contributed by atoms with Crippen LogP contribution in [0.2, 0.25) is 0 Å². The van der Waals surface area contributed by atoms with Crippen LogP contribution in [0, 0.1) is 0 Å². The molecule has 2 aromatic heterocycles. The van der Waals surface area contributed by atoms with Crippen molar-refractivity contribution in [2.75, 3.05) is 0 Å². The standard InChI is InChI=1S/C18H14BrN3O3/c19-16-12(6-3-9-21-16)10-14(18(24)25)22-17(23)13-7-1-4-11-5-2-8-20-15(11)13/h1-9,14H,10H2,(H,22,23)(H,24,25)/t14-/m0/s1. The zero-order valence-corrected chi connectivity index (χ0v) is 14.6. The van der Waals surface area contributed by atoms with Gasteiger partial charge < -0.3 is 10.4 Å². The highest BCUT2D eigenvalue weighted by Crippen LogP contribution is 2.17. The van der Waals surface area contributed by atoms with E-state index in [1.54, 1.807) is 42.7 Å². The van der Waals surface area contributed by atoms with Crippen LogP contribution in [0.4, 0.5) is 0 Å². The van der Waals surface area contributed by atoms with E-state index < -0.39 is 17.9 Å². The molecule has 126 valence electrons. The molecule has 0 saturated carbocycles. The van der Waals surface area contributed by atoms with Crippen molar-refractivity contribution in [3.8, 4) is 0 Å². The first kappa shape index (κ1) is 17.0. The number of rotatable bonds is 5. The van der Waals surface area contributed by atoms with Crippen molar-refractivity contribution in [2.45, 2.75) is 12.5 Å². The minimum absolute atomic E-state index is 0.119. The number of carbonyl (C=O) groups is 2. The molecule has 25 heavy (non-hydrogen) atoms. The number of fused-ring (bicyclic) bond motifs is 1. The van der Waals surface area contributed by atoms with E-state index in [4.69, 9.17) is 0 Å². The molecular formula is C18H14BrN3O3. The number of carboxylic acid groups (broad SMARTS) is 1. The van der Waals surface area contributed by atoms with Gasteiger partial charge >= 0.3 is 5.97 Å². The Kier molecular flexibility index (Phi) is 5.04. The average molecular weight is 400 g/mol. The number of pyridine rings is 2. The molecule has 3 aromatic rings. The van der Waals surface area contributed by atoms with Crippen LogP contribution in [0.15, 0.2) is 59.5 Å². The molecule has 2 heterocycles. The van der Waals surface area contributed by atoms with Crippen LogP contribution in [0.3, 0.4) is 0 Å². The Bertz CT molecular complexity index is 940. The van der Waals surface area contributed by atoms with E-state index in [1.807, 2.05) is 12.1 Å². The quantitative estimate of drug-likeness (QED) is 0.643. The van der Waals surface area contributed by atoms with Crippen molar-refractivity contribution in [3.05, 3.63) is 70.6 Å². The number of hydrogen-bond donors (Lipinski definition) is 2. The van der Waals surface area contributed by atoms with Gasteiger partial charge in [0.15, 0.2) is 0 Å². The van der Waals surface area contributed by atoms with Crippen LogP contribution in [0.5, 0.6) is 0 Å². The summed E-state index contributed by atoms with van der Waals surface area (Å²) >= 11 is 3.29. The number of amides is 1. The van der Waals surface area contributed by atoms with Gasteiger partial charge in [0.2, 0.25) is 0 Å². The highest BCUT2D eigenvalue weighted by atomic mass is 79.9. The fourth-order valence-corrected chi connectivity index (χ4v) is 2.93. The fraction of sp³-hybridized carbons (Fsp3) is 0.111. The number of nitrogens with zero attached hydrogens (tertiary/aromatic N) is 2. The van der Waals surface area contributed by atoms with Crippen molar-refractivity contribution < 1.29 is 14.7 Å². The third-order valence-corrected chi connectivity index (χ3v) is 4.46. The van der Waals surface area contributed by atoms with Gasteiger partial charge in [-0.05, 0) is 39.7 Å². The largest absolute Gasteiger partial charge is 0.480 e. The second kappa shape index (κ2) is 7.40. The summed E-state index contributed by atoms with van der Waals surface area (Å²) in [5, 5.41) is 12.9. The lowest BCUT2D eigenvalue weighted by Gasteiger charge is -2.15. The monoisotopic (exact) mass is 399 g/mol. The van der Waals surface area contributed by atoms with E-state index in [-0.39, 0.29) is 6.42 Å². The van der Waals surface area contributed by atoms with E-state index >= 15 is 0 Å². The number of benzene rings is 1. The molecule has 1 aromatic carbocycles. The number of halogens is 1. The first-order valence-electron chi connectivity index (χ1n) is 7.53. The van der Waals surface area contributed by atoms with Crippen LogP contribution in [-0.4, -0.2) is 33.0 Å². The van der Waals surface area contributed by atoms with E-state index in [0.717, 1.165) is 5.39 Å². The Balaban J connectivity index is 1.86. The van der Waals surface area contributed by atoms with Gasteiger partial charge in [0.05, 0.1) is 11.1 Å². The van der Waals surface area contributed by atoms with E-state index in [0.29, 0.717) is 21.2 Å². The molecule has 0 aliphatic carbocycles. The van der Waals surface area contributed by atoms with Crippen LogP contribution < -0.4 is 5.32 Å². The van der Waals surface area contributed by atoms with Gasteiger partial charge in [-0.3, -0.25) is 9.78 Å². The lowest BCUT2D eigenvalue weighted by Crippen LogP contribution is -2.42. The molecule has 0 unspecified atom stereocenters. The molecule has 7 heteroatoms. The van der Waals surface area contributed by atoms with Crippen molar-refractivity contribution in [3.63, 3.8) is 0 Å². The van der Waals surface area contributed by atoms with Crippen LogP contribution >= 0.6 is 15.9 Å². The topological polar surface area (TPSA) is 92.2 Å². The van der Waals surface area contributed by atoms with Gasteiger partial charge in [0.1, 0.15) is 10.6 Å². The zero-order valence-electron chi connectivity index (χ0n) is 13.0. The molecule has 3 rings (SSSR count). The van der Waals surface area contributed by atoms with Gasteiger partial charge in [-0.2, -0.15) is 0 Å². The summed E-state index contributed by atoms with van der Waals surface area (Å²) in [7, 11) is 0. The maximum atomic E-state index is 12.6. The van der Waals surface area contributed by atoms with E-state index in [1.165, 1.54) is 0 Å². The first-order chi connectivity index (χ1) is 12.1. The maximum Gasteiger partial charge on any atom is 0.326 e. The summed E-state index contributed by atoms with van der Waals surface area (Å²) in [6.07, 6.45) is 3.32. The highest BCUT2D eigenvalue weighted by molar-refractivity contribution is 9.10. The Hall–Kier alpha value is -2.80. The molecule has 0 aliphatic rings. The molecule has 0 radical (unpaired) electrons. The summed E-state index contributed by atoms with van der Waals surface area (Å²) in [5.41, 5.74) is 1.58. The van der Waals surface area contributed by atoms with Gasteiger partial charge in [0, 0.05) is 24.2 Å². The van der Waals surface area contributed by atoms with E-state index in [9.17, 15) is 14.7 Å². The molecule has 0 spiro atoms. The number of para-hydroxylation sites is 1. The Morgan fingerprint density at radius 1 is 1.08 bits per heavy atom. The van der Waals surface area contributed by atoms with Gasteiger partial charge in [-0.25, -0.2) is 9.78 Å². The third-order valence-electron chi connectivity index (χ3n) is 3.74. The first-order valence-corrected chi connectivity index (χ1v) is 8.32. The summed E-state index contributed by atoms with van der Waals surface area (Å²) in [5.74, 6) is -1.59. The molecule has 1 atom stereocenters. The minimum atomic E-state index is -1.11.